The molecule has 1 saturated heterocycles. The fraction of sp³-hybridized carbons (Fsp3) is 0.375. The first kappa shape index (κ1) is 15.8. The molecule has 6 nitrogen and oxygen atoms in total. The van der Waals surface area contributed by atoms with Gasteiger partial charge in [-0.15, -0.1) is 0 Å². The zero-order valence-corrected chi connectivity index (χ0v) is 13.5. The third-order valence-corrected chi connectivity index (χ3v) is 4.23. The first-order valence-corrected chi connectivity index (χ1v) is 7.79. The molecule has 1 amide bonds. The van der Waals surface area contributed by atoms with Gasteiger partial charge in [0.2, 0.25) is 0 Å². The monoisotopic (exact) mass is 335 g/mol. The Morgan fingerprint density at radius 2 is 2.43 bits per heavy atom. The van der Waals surface area contributed by atoms with E-state index in [9.17, 15) is 4.79 Å². The summed E-state index contributed by atoms with van der Waals surface area (Å²) in [5.41, 5.74) is 1.47. The number of carbonyl (C=O) groups is 1. The van der Waals surface area contributed by atoms with E-state index in [1.165, 1.54) is 7.11 Å². The van der Waals surface area contributed by atoms with Gasteiger partial charge in [0.15, 0.2) is 0 Å². The molecule has 0 unspecified atom stereocenters. The van der Waals surface area contributed by atoms with Gasteiger partial charge in [-0.2, -0.15) is 5.10 Å². The summed E-state index contributed by atoms with van der Waals surface area (Å²) in [6, 6.07) is 4.96. The highest BCUT2D eigenvalue weighted by Crippen LogP contribution is 2.33. The van der Waals surface area contributed by atoms with Gasteiger partial charge in [-0.05, 0) is 24.6 Å². The van der Waals surface area contributed by atoms with E-state index in [-0.39, 0.29) is 17.9 Å². The van der Waals surface area contributed by atoms with Crippen molar-refractivity contribution in [3.63, 3.8) is 0 Å². The summed E-state index contributed by atoms with van der Waals surface area (Å²) in [5, 5.41) is 10.2. The molecular formula is C16H18ClN3O3. The van der Waals surface area contributed by atoms with Crippen molar-refractivity contribution >= 4 is 17.5 Å². The van der Waals surface area contributed by atoms with Crippen LogP contribution in [0.3, 0.4) is 0 Å². The molecule has 1 aromatic carbocycles. The molecule has 0 bridgehead atoms. The zero-order chi connectivity index (χ0) is 16.2. The summed E-state index contributed by atoms with van der Waals surface area (Å²) in [4.78, 5) is 12.4. The lowest BCUT2D eigenvalue weighted by molar-refractivity contribution is 0.0845. The van der Waals surface area contributed by atoms with E-state index in [4.69, 9.17) is 21.1 Å². The molecule has 2 heterocycles. The van der Waals surface area contributed by atoms with Crippen LogP contribution in [0.4, 0.5) is 0 Å². The number of aromatic amines is 1. The van der Waals surface area contributed by atoms with Crippen LogP contribution in [0.5, 0.6) is 5.75 Å². The molecule has 2 aromatic rings. The lowest BCUT2D eigenvalue weighted by Crippen LogP contribution is -2.30. The van der Waals surface area contributed by atoms with Crippen LogP contribution >= 0.6 is 11.6 Å². The van der Waals surface area contributed by atoms with Crippen LogP contribution in [-0.4, -0.2) is 36.4 Å². The fourth-order valence-corrected chi connectivity index (χ4v) is 2.96. The number of methoxy groups -OCH3 is 1. The summed E-state index contributed by atoms with van der Waals surface area (Å²) in [7, 11) is 1.52. The molecule has 0 spiro atoms. The molecule has 0 saturated carbocycles. The Balaban J connectivity index is 1.65. The normalized spacial score (nSPS) is 20.4. The van der Waals surface area contributed by atoms with Gasteiger partial charge in [-0.25, -0.2) is 0 Å². The van der Waals surface area contributed by atoms with E-state index < -0.39 is 0 Å². The Morgan fingerprint density at radius 3 is 3.17 bits per heavy atom. The molecule has 0 radical (unpaired) electrons. The number of amides is 1. The Bertz CT molecular complexity index is 675. The molecule has 1 aliphatic heterocycles. The van der Waals surface area contributed by atoms with E-state index in [0.29, 0.717) is 29.5 Å². The summed E-state index contributed by atoms with van der Waals surface area (Å²) in [5.74, 6) is 0.496. The lowest BCUT2D eigenvalue weighted by Gasteiger charge is -2.18. The number of ether oxygens (including phenoxy) is 2. The molecule has 3 rings (SSSR count). The van der Waals surface area contributed by atoms with Crippen LogP contribution in [-0.2, 0) is 4.74 Å². The topological polar surface area (TPSA) is 76.2 Å². The fourth-order valence-electron chi connectivity index (χ4n) is 2.80. The van der Waals surface area contributed by atoms with Crippen LogP contribution in [0, 0.1) is 5.92 Å². The smallest absolute Gasteiger partial charge is 0.255 e. The minimum atomic E-state index is -0.184. The molecule has 0 aliphatic carbocycles. The second-order valence-electron chi connectivity index (χ2n) is 5.43. The predicted molar refractivity (Wildman–Crippen MR) is 85.7 cm³/mol. The Labute approximate surface area is 139 Å². The van der Waals surface area contributed by atoms with E-state index in [0.717, 1.165) is 12.0 Å². The number of nitrogens with zero attached hydrogens (tertiary/aromatic N) is 1. The third-order valence-electron chi connectivity index (χ3n) is 4.00. The molecule has 1 aliphatic rings. The molecule has 7 heteroatoms. The van der Waals surface area contributed by atoms with Crippen LogP contribution in [0.15, 0.2) is 30.6 Å². The number of nitrogens with one attached hydrogen (secondary N) is 2. The van der Waals surface area contributed by atoms with E-state index in [1.54, 1.807) is 24.4 Å². The van der Waals surface area contributed by atoms with Crippen LogP contribution in [0.1, 0.15) is 28.4 Å². The molecule has 1 fully saturated rings. The highest BCUT2D eigenvalue weighted by Gasteiger charge is 2.30. The van der Waals surface area contributed by atoms with Crippen molar-refractivity contribution in [3.05, 3.63) is 46.7 Å². The maximum Gasteiger partial charge on any atom is 0.255 e. The van der Waals surface area contributed by atoms with Crippen molar-refractivity contribution in [2.45, 2.75) is 12.5 Å². The van der Waals surface area contributed by atoms with Crippen molar-refractivity contribution in [2.24, 2.45) is 5.92 Å². The minimum absolute atomic E-state index is 0.0406. The Kier molecular flexibility index (Phi) is 4.83. The minimum Gasteiger partial charge on any atom is -0.496 e. The molecule has 1 aromatic heterocycles. The number of hydrogen-bond acceptors (Lipinski definition) is 4. The van der Waals surface area contributed by atoms with Gasteiger partial charge >= 0.3 is 0 Å². The average Bonchev–Trinajstić information content (AvgIpc) is 3.23. The lowest BCUT2D eigenvalue weighted by atomic mass is 9.97. The van der Waals surface area contributed by atoms with Crippen LogP contribution < -0.4 is 10.1 Å². The van der Waals surface area contributed by atoms with Crippen LogP contribution in [0.25, 0.3) is 0 Å². The highest BCUT2D eigenvalue weighted by molar-refractivity contribution is 6.30. The van der Waals surface area contributed by atoms with Gasteiger partial charge in [0.25, 0.3) is 5.91 Å². The number of H-pyrrole nitrogens is 1. The number of hydrogen-bond donors (Lipinski definition) is 2. The van der Waals surface area contributed by atoms with Gasteiger partial charge in [0.1, 0.15) is 5.75 Å². The maximum atomic E-state index is 12.4. The van der Waals surface area contributed by atoms with Gasteiger partial charge in [0, 0.05) is 35.9 Å². The first-order chi connectivity index (χ1) is 11.2. The number of benzene rings is 1. The van der Waals surface area contributed by atoms with Crippen molar-refractivity contribution in [1.82, 2.24) is 15.5 Å². The summed E-state index contributed by atoms with van der Waals surface area (Å²) in [6.07, 6.45) is 4.44. The molecule has 23 heavy (non-hydrogen) atoms. The third kappa shape index (κ3) is 3.48. The predicted octanol–water partition coefficient (Wildman–Crippen LogP) is 2.58. The highest BCUT2D eigenvalue weighted by atomic mass is 35.5. The van der Waals surface area contributed by atoms with E-state index >= 15 is 0 Å². The molecule has 122 valence electrons. The van der Waals surface area contributed by atoms with Crippen molar-refractivity contribution in [2.75, 3.05) is 20.3 Å². The van der Waals surface area contributed by atoms with Crippen molar-refractivity contribution in [3.8, 4) is 5.75 Å². The zero-order valence-electron chi connectivity index (χ0n) is 12.7. The van der Waals surface area contributed by atoms with E-state index in [1.807, 2.05) is 6.20 Å². The van der Waals surface area contributed by atoms with Gasteiger partial charge in [-0.3, -0.25) is 9.89 Å². The Hall–Kier alpha value is -2.05. The van der Waals surface area contributed by atoms with E-state index in [2.05, 4.69) is 15.5 Å². The number of aromatic nitrogens is 2. The Morgan fingerprint density at radius 1 is 1.57 bits per heavy atom. The van der Waals surface area contributed by atoms with Crippen molar-refractivity contribution in [1.29, 1.82) is 0 Å². The maximum absolute atomic E-state index is 12.4. The van der Waals surface area contributed by atoms with Gasteiger partial charge < -0.3 is 14.8 Å². The first-order valence-electron chi connectivity index (χ1n) is 7.41. The molecule has 2 N–H and O–H groups in total. The summed E-state index contributed by atoms with van der Waals surface area (Å²) < 4.78 is 11.0. The van der Waals surface area contributed by atoms with Gasteiger partial charge in [0.05, 0.1) is 25.0 Å². The quantitative estimate of drug-likeness (QED) is 0.880. The standard InChI is InChI=1S/C16H18ClN3O3/c1-22-14-6-12(17)2-3-13(14)16(21)18-7-10-4-5-23-15(10)11-8-19-20-9-11/h2-3,6,8-10,15H,4-5,7H2,1H3,(H,18,21)(H,19,20)/t10-,15+/m1/s1. The number of halogens is 1. The van der Waals surface area contributed by atoms with Gasteiger partial charge in [-0.1, -0.05) is 11.6 Å². The second kappa shape index (κ2) is 7.02. The summed E-state index contributed by atoms with van der Waals surface area (Å²) in [6.45, 7) is 1.21. The van der Waals surface area contributed by atoms with Crippen LogP contribution in [0.2, 0.25) is 5.02 Å². The largest absolute Gasteiger partial charge is 0.496 e. The number of rotatable bonds is 5. The average molecular weight is 336 g/mol. The molecule has 2 atom stereocenters. The molecular weight excluding hydrogens is 318 g/mol. The summed E-state index contributed by atoms with van der Waals surface area (Å²) >= 11 is 5.92. The van der Waals surface area contributed by atoms with Crippen molar-refractivity contribution < 1.29 is 14.3 Å². The second-order valence-corrected chi connectivity index (χ2v) is 5.86. The number of carbonyl (C=O) groups excluding carboxylic acids is 1. The SMILES string of the molecule is COc1cc(Cl)ccc1C(=O)NC[C@H]1CCO[C@@H]1c1cn[nH]c1.